The van der Waals surface area contributed by atoms with Gasteiger partial charge in [0, 0.05) is 38.7 Å². The van der Waals surface area contributed by atoms with E-state index in [2.05, 4.69) is 252 Å². The monoisotopic (exact) mass is 819 g/mol. The molecule has 1 unspecified atom stereocenters. The lowest BCUT2D eigenvalue weighted by Crippen LogP contribution is -2.65. The van der Waals surface area contributed by atoms with Crippen LogP contribution in [0.2, 0.25) is 0 Å². The largest absolute Gasteiger partial charge is 0.375 e. The number of fused-ring (bicyclic) bond motifs is 6. The molecule has 2 aliphatic heterocycles. The smallest absolute Gasteiger partial charge is 0.328 e. The molecule has 306 valence electrons. The van der Waals surface area contributed by atoms with E-state index in [1.165, 1.54) is 106 Å². The van der Waals surface area contributed by atoms with Crippen molar-refractivity contribution in [3.8, 4) is 44.5 Å². The molecule has 64 heavy (non-hydrogen) atoms. The molecular weight excluding hydrogens is 770 g/mol. The lowest BCUT2D eigenvalue weighted by molar-refractivity contribution is 0.544. The second kappa shape index (κ2) is 14.2. The van der Waals surface area contributed by atoms with E-state index in [-0.39, 0.29) is 17.7 Å². The highest BCUT2D eigenvalue weighted by Crippen LogP contribution is 2.59. The van der Waals surface area contributed by atoms with Crippen LogP contribution < -0.4 is 15.7 Å². The molecule has 0 saturated carbocycles. The number of benzene rings is 9. The van der Waals surface area contributed by atoms with E-state index in [4.69, 9.17) is 0 Å². The van der Waals surface area contributed by atoms with Gasteiger partial charge in [-0.2, -0.15) is 0 Å². The molecule has 0 radical (unpaired) electrons. The van der Waals surface area contributed by atoms with Gasteiger partial charge < -0.3 is 4.81 Å². The number of hydrogen-bond donors (Lipinski definition) is 0. The standard InChI is InChI=1S/C62H50BN/c1-60(2)49-31-18-19-32-50(49)62(5)51-33-20-21-35-55(51)63(56-36-22-34-52(60)57(56)62)64-58-47(43-27-14-8-15-28-43)37-45(41-23-10-6-11-24-41)39-53(58)61(3,4)54-40-46(42-25-12-7-13-26-42)38-48(59(54)64)44-29-16-9-17-30-44/h6-40H,1-5H3. The van der Waals surface area contributed by atoms with Crippen LogP contribution in [0.3, 0.4) is 0 Å². The van der Waals surface area contributed by atoms with Gasteiger partial charge in [-0.25, -0.2) is 0 Å². The highest BCUT2D eigenvalue weighted by Gasteiger charge is 2.54. The average molecular weight is 820 g/mol. The Hall–Kier alpha value is -7.16. The van der Waals surface area contributed by atoms with Crippen LogP contribution in [0.25, 0.3) is 44.5 Å². The summed E-state index contributed by atoms with van der Waals surface area (Å²) in [5.41, 5.74) is 23.8. The minimum Gasteiger partial charge on any atom is -0.375 e. The molecule has 3 aliphatic rings. The van der Waals surface area contributed by atoms with Gasteiger partial charge >= 0.3 is 6.85 Å². The Morgan fingerprint density at radius 2 is 0.703 bits per heavy atom. The number of hydrogen-bond acceptors (Lipinski definition) is 1. The first-order valence-electron chi connectivity index (χ1n) is 22.9. The molecule has 0 amide bonds. The van der Waals surface area contributed by atoms with Crippen LogP contribution in [0.1, 0.15) is 73.6 Å². The molecule has 1 nitrogen and oxygen atoms in total. The number of rotatable bonds is 5. The first-order chi connectivity index (χ1) is 31.2. The first kappa shape index (κ1) is 38.5. The quantitative estimate of drug-likeness (QED) is 0.156. The first-order valence-corrected chi connectivity index (χ1v) is 22.9. The summed E-state index contributed by atoms with van der Waals surface area (Å²) in [6.45, 7) is 12.1. The summed E-state index contributed by atoms with van der Waals surface area (Å²) in [4.78, 5) is 2.81. The minimum absolute atomic E-state index is 0.149. The zero-order chi connectivity index (χ0) is 43.4. The maximum Gasteiger partial charge on any atom is 0.328 e. The highest BCUT2D eigenvalue weighted by atomic mass is 15.1. The van der Waals surface area contributed by atoms with Crippen molar-refractivity contribution in [1.82, 2.24) is 0 Å². The Labute approximate surface area is 378 Å². The van der Waals surface area contributed by atoms with Gasteiger partial charge in [-0.15, -0.1) is 0 Å². The molecule has 12 rings (SSSR count). The predicted molar refractivity (Wildman–Crippen MR) is 271 cm³/mol. The molecule has 1 atom stereocenters. The molecule has 1 aliphatic carbocycles. The van der Waals surface area contributed by atoms with Crippen LogP contribution in [-0.2, 0) is 16.2 Å². The predicted octanol–water partition coefficient (Wildman–Crippen LogP) is 14.2. The fourth-order valence-corrected chi connectivity index (χ4v) is 12.1. The molecule has 0 bridgehead atoms. The van der Waals surface area contributed by atoms with E-state index in [0.717, 1.165) is 0 Å². The van der Waals surface area contributed by atoms with Crippen molar-refractivity contribution in [2.24, 2.45) is 0 Å². The Morgan fingerprint density at radius 1 is 0.312 bits per heavy atom. The SMILES string of the molecule is CC1(C)c2cc(-c3ccccc3)cc(-c3ccccc3)c2N(B2c3ccccc3C3(C)c4ccccc4C(C)(C)c4cccc2c43)c2c(-c3ccccc3)cc(-c3ccccc3)cc21. The Kier molecular flexibility index (Phi) is 8.53. The Bertz CT molecular complexity index is 3140. The van der Waals surface area contributed by atoms with Crippen molar-refractivity contribution < 1.29 is 0 Å². The van der Waals surface area contributed by atoms with Crippen LogP contribution in [0.15, 0.2) is 212 Å². The van der Waals surface area contributed by atoms with Gasteiger partial charge in [-0.1, -0.05) is 216 Å². The van der Waals surface area contributed by atoms with Crippen molar-refractivity contribution in [2.75, 3.05) is 4.81 Å². The molecule has 9 aromatic rings. The van der Waals surface area contributed by atoms with Crippen molar-refractivity contribution in [3.63, 3.8) is 0 Å². The maximum atomic E-state index is 2.81. The molecular formula is C62H50BN. The van der Waals surface area contributed by atoms with Gasteiger partial charge in [0.05, 0.1) is 0 Å². The summed E-state index contributed by atoms with van der Waals surface area (Å²) < 4.78 is 0. The summed E-state index contributed by atoms with van der Waals surface area (Å²) in [5.74, 6) is 0. The molecule has 0 spiro atoms. The Morgan fingerprint density at radius 3 is 1.22 bits per heavy atom. The van der Waals surface area contributed by atoms with E-state index >= 15 is 0 Å². The topological polar surface area (TPSA) is 3.24 Å². The second-order valence-corrected chi connectivity index (χ2v) is 19.4. The van der Waals surface area contributed by atoms with Gasteiger partial charge in [-0.05, 0) is 114 Å². The van der Waals surface area contributed by atoms with Crippen LogP contribution >= 0.6 is 0 Å². The van der Waals surface area contributed by atoms with Crippen molar-refractivity contribution in [3.05, 3.63) is 251 Å². The van der Waals surface area contributed by atoms with E-state index in [0.29, 0.717) is 0 Å². The zero-order valence-electron chi connectivity index (χ0n) is 37.2. The zero-order valence-corrected chi connectivity index (χ0v) is 37.2. The van der Waals surface area contributed by atoms with Crippen molar-refractivity contribution in [2.45, 2.75) is 50.9 Å². The molecule has 0 saturated heterocycles. The molecule has 0 fully saturated rings. The Balaban J connectivity index is 1.27. The normalized spacial score (nSPS) is 17.1. The lowest BCUT2D eigenvalue weighted by atomic mass is 9.37. The molecule has 0 aromatic heterocycles. The van der Waals surface area contributed by atoms with Crippen LogP contribution in [0, 0.1) is 0 Å². The molecule has 9 aromatic carbocycles. The summed E-state index contributed by atoms with van der Waals surface area (Å²) in [7, 11) is 0. The third kappa shape index (κ3) is 5.45. The summed E-state index contributed by atoms with van der Waals surface area (Å²) in [6, 6.07) is 80.0. The van der Waals surface area contributed by atoms with Gasteiger partial charge in [-0.3, -0.25) is 0 Å². The van der Waals surface area contributed by atoms with E-state index < -0.39 is 5.41 Å². The maximum absolute atomic E-state index is 2.81. The fourth-order valence-electron chi connectivity index (χ4n) is 12.1. The van der Waals surface area contributed by atoms with Crippen LogP contribution in [0.4, 0.5) is 11.4 Å². The fraction of sp³-hybridized carbons (Fsp3) is 0.129. The summed E-state index contributed by atoms with van der Waals surface area (Å²) >= 11 is 0. The summed E-state index contributed by atoms with van der Waals surface area (Å²) in [5, 5.41) is 0. The van der Waals surface area contributed by atoms with Gasteiger partial charge in [0.1, 0.15) is 0 Å². The lowest BCUT2D eigenvalue weighted by Gasteiger charge is -2.53. The van der Waals surface area contributed by atoms with Gasteiger partial charge in [0.25, 0.3) is 0 Å². The molecule has 0 N–H and O–H groups in total. The van der Waals surface area contributed by atoms with E-state index in [9.17, 15) is 0 Å². The number of nitrogens with zero attached hydrogens (tertiary/aromatic N) is 1. The third-order valence-corrected chi connectivity index (χ3v) is 15.2. The second-order valence-electron chi connectivity index (χ2n) is 19.4. The summed E-state index contributed by atoms with van der Waals surface area (Å²) in [6.07, 6.45) is 0. The van der Waals surface area contributed by atoms with Crippen LogP contribution in [0.5, 0.6) is 0 Å². The van der Waals surface area contributed by atoms with Crippen molar-refractivity contribution >= 4 is 29.1 Å². The third-order valence-electron chi connectivity index (χ3n) is 15.2. The minimum atomic E-state index is -0.399. The number of anilines is 2. The van der Waals surface area contributed by atoms with Gasteiger partial charge in [0.15, 0.2) is 0 Å². The average Bonchev–Trinajstić information content (AvgIpc) is 3.35. The molecule has 2 heterocycles. The van der Waals surface area contributed by atoms with Crippen molar-refractivity contribution in [1.29, 1.82) is 0 Å². The van der Waals surface area contributed by atoms with Gasteiger partial charge in [0.2, 0.25) is 0 Å². The highest BCUT2D eigenvalue weighted by molar-refractivity contribution is 6.90. The van der Waals surface area contributed by atoms with E-state index in [1.807, 2.05) is 0 Å². The van der Waals surface area contributed by atoms with Crippen LogP contribution in [-0.4, -0.2) is 6.85 Å². The molecule has 2 heteroatoms. The van der Waals surface area contributed by atoms with E-state index in [1.54, 1.807) is 0 Å².